The van der Waals surface area contributed by atoms with E-state index in [-0.39, 0.29) is 10.7 Å². The average molecular weight is 290 g/mol. The maximum atomic E-state index is 12.2. The third kappa shape index (κ3) is 3.21. The van der Waals surface area contributed by atoms with Crippen LogP contribution < -0.4 is 4.72 Å². The lowest BCUT2D eigenvalue weighted by Crippen LogP contribution is -2.13. The van der Waals surface area contributed by atoms with Gasteiger partial charge < -0.3 is 0 Å². The van der Waals surface area contributed by atoms with Gasteiger partial charge in [-0.05, 0) is 37.6 Å². The zero-order valence-electron chi connectivity index (χ0n) is 11.1. The summed E-state index contributed by atoms with van der Waals surface area (Å²) in [6.45, 7) is 3.21. The molecule has 0 aliphatic heterocycles. The summed E-state index contributed by atoms with van der Waals surface area (Å²) in [7, 11) is -3.73. The molecule has 1 heterocycles. The summed E-state index contributed by atoms with van der Waals surface area (Å²) in [4.78, 5) is 15.3. The van der Waals surface area contributed by atoms with Crippen molar-refractivity contribution in [1.29, 1.82) is 0 Å². The number of anilines is 1. The fourth-order valence-corrected chi connectivity index (χ4v) is 2.79. The molecular weight excluding hydrogens is 276 g/mol. The number of aromatic nitrogens is 1. The van der Waals surface area contributed by atoms with Crippen LogP contribution in [0.4, 0.5) is 5.69 Å². The molecule has 2 rings (SSSR count). The molecule has 0 aliphatic carbocycles. The van der Waals surface area contributed by atoms with Gasteiger partial charge in [0.25, 0.3) is 10.0 Å². The molecule has 6 heteroatoms. The van der Waals surface area contributed by atoms with Crippen LogP contribution in [0, 0.1) is 6.92 Å². The lowest BCUT2D eigenvalue weighted by atomic mass is 10.2. The Morgan fingerprint density at radius 1 is 1.20 bits per heavy atom. The SMILES string of the molecule is CC(=O)c1cccc(S(=O)(=O)Nc2cncc(C)c2)c1. The Morgan fingerprint density at radius 3 is 2.60 bits per heavy atom. The topological polar surface area (TPSA) is 76.1 Å². The van der Waals surface area contributed by atoms with Crippen molar-refractivity contribution in [3.63, 3.8) is 0 Å². The van der Waals surface area contributed by atoms with Crippen LogP contribution in [0.1, 0.15) is 22.8 Å². The van der Waals surface area contributed by atoms with Crippen LogP contribution in [-0.4, -0.2) is 19.2 Å². The highest BCUT2D eigenvalue weighted by Gasteiger charge is 2.15. The summed E-state index contributed by atoms with van der Waals surface area (Å²) in [5, 5.41) is 0. The van der Waals surface area contributed by atoms with E-state index < -0.39 is 10.0 Å². The first-order valence-corrected chi connectivity index (χ1v) is 7.42. The van der Waals surface area contributed by atoms with Crippen molar-refractivity contribution in [2.75, 3.05) is 4.72 Å². The predicted molar refractivity (Wildman–Crippen MR) is 76.2 cm³/mol. The normalized spacial score (nSPS) is 11.1. The maximum Gasteiger partial charge on any atom is 0.261 e. The molecule has 0 saturated heterocycles. The molecule has 5 nitrogen and oxygen atoms in total. The quantitative estimate of drug-likeness (QED) is 0.877. The summed E-state index contributed by atoms with van der Waals surface area (Å²) in [5.74, 6) is -0.181. The zero-order valence-corrected chi connectivity index (χ0v) is 11.9. The van der Waals surface area contributed by atoms with Crippen LogP contribution in [0.5, 0.6) is 0 Å². The number of carbonyl (C=O) groups is 1. The Morgan fingerprint density at radius 2 is 1.95 bits per heavy atom. The van der Waals surface area contributed by atoms with E-state index in [0.29, 0.717) is 11.3 Å². The maximum absolute atomic E-state index is 12.2. The molecule has 0 spiro atoms. The lowest BCUT2D eigenvalue weighted by Gasteiger charge is -2.09. The van der Waals surface area contributed by atoms with Gasteiger partial charge in [-0.1, -0.05) is 12.1 Å². The smallest absolute Gasteiger partial charge is 0.261 e. The molecule has 1 aromatic carbocycles. The number of nitrogens with zero attached hydrogens (tertiary/aromatic N) is 1. The van der Waals surface area contributed by atoms with Crippen LogP contribution >= 0.6 is 0 Å². The molecule has 0 aliphatic rings. The minimum absolute atomic E-state index is 0.0479. The predicted octanol–water partition coefficient (Wildman–Crippen LogP) is 2.39. The van der Waals surface area contributed by atoms with Gasteiger partial charge in [-0.15, -0.1) is 0 Å². The molecule has 0 unspecified atom stereocenters. The largest absolute Gasteiger partial charge is 0.295 e. The van der Waals surface area contributed by atoms with Crippen molar-refractivity contribution < 1.29 is 13.2 Å². The van der Waals surface area contributed by atoms with Gasteiger partial charge in [0.2, 0.25) is 0 Å². The van der Waals surface area contributed by atoms with Crippen LogP contribution in [0.15, 0.2) is 47.6 Å². The van der Waals surface area contributed by atoms with Gasteiger partial charge in [-0.3, -0.25) is 14.5 Å². The number of hydrogen-bond acceptors (Lipinski definition) is 4. The third-order valence-electron chi connectivity index (χ3n) is 2.68. The Hall–Kier alpha value is -2.21. The number of sulfonamides is 1. The highest BCUT2D eigenvalue weighted by atomic mass is 32.2. The second-order valence-corrected chi connectivity index (χ2v) is 6.12. The van der Waals surface area contributed by atoms with Crippen LogP contribution in [-0.2, 0) is 10.0 Å². The van der Waals surface area contributed by atoms with Crippen LogP contribution in [0.3, 0.4) is 0 Å². The zero-order chi connectivity index (χ0) is 14.8. The van der Waals surface area contributed by atoms with E-state index in [1.165, 1.54) is 25.3 Å². The molecule has 2 aromatic rings. The Labute approximate surface area is 117 Å². The molecular formula is C14H14N2O3S. The number of Topliss-reactive ketones (excluding diaryl/α,β-unsaturated/α-hetero) is 1. The standard InChI is InChI=1S/C14H14N2O3S/c1-10-6-13(9-15-8-10)16-20(18,19)14-5-3-4-12(7-14)11(2)17/h3-9,16H,1-2H3. The first-order valence-electron chi connectivity index (χ1n) is 5.94. The second kappa shape index (κ2) is 5.42. The number of benzene rings is 1. The van der Waals surface area contributed by atoms with Crippen molar-refractivity contribution in [3.8, 4) is 0 Å². The van der Waals surface area contributed by atoms with Crippen LogP contribution in [0.2, 0.25) is 0 Å². The van der Waals surface area contributed by atoms with E-state index in [0.717, 1.165) is 5.56 Å². The van der Waals surface area contributed by atoms with Crippen molar-refractivity contribution in [2.45, 2.75) is 18.7 Å². The van der Waals surface area contributed by atoms with Gasteiger partial charge in [0.1, 0.15) is 0 Å². The second-order valence-electron chi connectivity index (χ2n) is 4.44. The highest BCUT2D eigenvalue weighted by molar-refractivity contribution is 7.92. The molecule has 1 aromatic heterocycles. The molecule has 104 valence electrons. The minimum atomic E-state index is -3.73. The van der Waals surface area contributed by atoms with Gasteiger partial charge >= 0.3 is 0 Å². The molecule has 20 heavy (non-hydrogen) atoms. The molecule has 0 fully saturated rings. The fraction of sp³-hybridized carbons (Fsp3) is 0.143. The number of pyridine rings is 1. The number of rotatable bonds is 4. The van der Waals surface area contributed by atoms with E-state index in [1.54, 1.807) is 24.4 Å². The summed E-state index contributed by atoms with van der Waals surface area (Å²) < 4.78 is 26.9. The average Bonchev–Trinajstić information content (AvgIpc) is 2.38. The van der Waals surface area contributed by atoms with E-state index in [2.05, 4.69) is 9.71 Å². The van der Waals surface area contributed by atoms with Crippen molar-refractivity contribution in [2.24, 2.45) is 0 Å². The van der Waals surface area contributed by atoms with Gasteiger partial charge in [0.05, 0.1) is 16.8 Å². The molecule has 0 saturated carbocycles. The number of nitrogens with one attached hydrogen (secondary N) is 1. The van der Waals surface area contributed by atoms with E-state index in [9.17, 15) is 13.2 Å². The van der Waals surface area contributed by atoms with Crippen molar-refractivity contribution in [1.82, 2.24) is 4.98 Å². The van der Waals surface area contributed by atoms with E-state index in [1.807, 2.05) is 6.92 Å². The number of hydrogen-bond donors (Lipinski definition) is 1. The Kier molecular flexibility index (Phi) is 3.85. The molecule has 0 amide bonds. The monoisotopic (exact) mass is 290 g/mol. The fourth-order valence-electron chi connectivity index (χ4n) is 1.71. The molecule has 0 bridgehead atoms. The Bertz CT molecular complexity index is 755. The van der Waals surface area contributed by atoms with Crippen molar-refractivity contribution in [3.05, 3.63) is 53.9 Å². The van der Waals surface area contributed by atoms with E-state index >= 15 is 0 Å². The van der Waals surface area contributed by atoms with Gasteiger partial charge in [-0.25, -0.2) is 8.42 Å². The first-order chi connectivity index (χ1) is 9.38. The van der Waals surface area contributed by atoms with Gasteiger partial charge in [0, 0.05) is 11.8 Å². The highest BCUT2D eigenvalue weighted by Crippen LogP contribution is 2.17. The molecule has 1 N–H and O–H groups in total. The first kappa shape index (κ1) is 14.2. The number of aryl methyl sites for hydroxylation is 1. The minimum Gasteiger partial charge on any atom is -0.295 e. The third-order valence-corrected chi connectivity index (χ3v) is 4.06. The molecule has 0 atom stereocenters. The van der Waals surface area contributed by atoms with E-state index in [4.69, 9.17) is 0 Å². The summed E-state index contributed by atoms with van der Waals surface area (Å²) in [6.07, 6.45) is 3.06. The summed E-state index contributed by atoms with van der Waals surface area (Å²) in [5.41, 5.74) is 1.59. The van der Waals surface area contributed by atoms with Crippen molar-refractivity contribution >= 4 is 21.5 Å². The Balaban J connectivity index is 2.35. The lowest BCUT2D eigenvalue weighted by molar-refractivity contribution is 0.101. The number of ketones is 1. The summed E-state index contributed by atoms with van der Waals surface area (Å²) in [6, 6.07) is 7.60. The van der Waals surface area contributed by atoms with Crippen LogP contribution in [0.25, 0.3) is 0 Å². The van der Waals surface area contributed by atoms with Gasteiger partial charge in [-0.2, -0.15) is 0 Å². The molecule has 0 radical (unpaired) electrons. The summed E-state index contributed by atoms with van der Waals surface area (Å²) >= 11 is 0. The van der Waals surface area contributed by atoms with Gasteiger partial charge in [0.15, 0.2) is 5.78 Å². The number of carbonyl (C=O) groups excluding carboxylic acids is 1.